The molecule has 34 heavy (non-hydrogen) atoms. The first-order valence-electron chi connectivity index (χ1n) is 11.6. The van der Waals surface area contributed by atoms with Gasteiger partial charge in [0.25, 0.3) is 5.91 Å². The molecule has 0 atom stereocenters. The molecule has 1 N–H and O–H groups in total. The zero-order chi connectivity index (χ0) is 24.2. The SMILES string of the molecule is CC1(C)Cc2cccc(OCC(=O)NCCCS(=O)(=O)N3CCN(c4ccccn4)CC3)c2O1. The summed E-state index contributed by atoms with van der Waals surface area (Å²) < 4.78 is 38.5. The summed E-state index contributed by atoms with van der Waals surface area (Å²) in [5.74, 6) is 1.80. The van der Waals surface area contributed by atoms with E-state index in [1.165, 1.54) is 4.31 Å². The lowest BCUT2D eigenvalue weighted by Gasteiger charge is -2.34. The predicted octanol–water partition coefficient (Wildman–Crippen LogP) is 1.83. The first-order valence-corrected chi connectivity index (χ1v) is 13.2. The van der Waals surface area contributed by atoms with E-state index < -0.39 is 10.0 Å². The van der Waals surface area contributed by atoms with Gasteiger partial charge in [-0.2, -0.15) is 4.31 Å². The van der Waals surface area contributed by atoms with Crippen LogP contribution in [0.5, 0.6) is 11.5 Å². The lowest BCUT2D eigenvalue weighted by Crippen LogP contribution is -2.49. The Kier molecular flexibility index (Phi) is 7.27. The van der Waals surface area contributed by atoms with E-state index in [0.717, 1.165) is 17.8 Å². The van der Waals surface area contributed by atoms with Crippen LogP contribution in [0, 0.1) is 0 Å². The van der Waals surface area contributed by atoms with Gasteiger partial charge < -0.3 is 19.7 Å². The molecule has 2 aromatic rings. The average molecular weight is 489 g/mol. The minimum absolute atomic E-state index is 0.00710. The molecule has 1 amide bonds. The smallest absolute Gasteiger partial charge is 0.257 e. The van der Waals surface area contributed by atoms with Gasteiger partial charge in [0.05, 0.1) is 5.75 Å². The normalized spacial score (nSPS) is 17.6. The van der Waals surface area contributed by atoms with E-state index in [0.29, 0.717) is 44.1 Å². The number of piperazine rings is 1. The molecule has 0 aliphatic carbocycles. The average Bonchev–Trinajstić information content (AvgIpc) is 3.15. The van der Waals surface area contributed by atoms with Crippen LogP contribution in [-0.4, -0.2) is 74.3 Å². The van der Waals surface area contributed by atoms with Crippen molar-refractivity contribution >= 4 is 21.7 Å². The van der Waals surface area contributed by atoms with Crippen molar-refractivity contribution in [3.05, 3.63) is 48.2 Å². The molecule has 4 rings (SSSR count). The summed E-state index contributed by atoms with van der Waals surface area (Å²) in [7, 11) is -3.37. The minimum Gasteiger partial charge on any atom is -0.483 e. The molecule has 9 nitrogen and oxygen atoms in total. The zero-order valence-electron chi connectivity index (χ0n) is 19.7. The van der Waals surface area contributed by atoms with E-state index in [-0.39, 0.29) is 30.4 Å². The first-order chi connectivity index (χ1) is 16.2. The molecule has 2 aliphatic rings. The van der Waals surface area contributed by atoms with Crippen LogP contribution < -0.4 is 19.7 Å². The molecule has 3 heterocycles. The number of nitrogens with zero attached hydrogens (tertiary/aromatic N) is 3. The number of carbonyl (C=O) groups excluding carboxylic acids is 1. The summed E-state index contributed by atoms with van der Waals surface area (Å²) in [6.07, 6.45) is 2.86. The molecule has 0 spiro atoms. The van der Waals surface area contributed by atoms with Gasteiger partial charge >= 0.3 is 0 Å². The maximum atomic E-state index is 12.7. The third kappa shape index (κ3) is 5.98. The highest BCUT2D eigenvalue weighted by Crippen LogP contribution is 2.41. The van der Waals surface area contributed by atoms with Crippen LogP contribution in [-0.2, 0) is 21.2 Å². The number of pyridine rings is 1. The maximum absolute atomic E-state index is 12.7. The molecule has 1 aromatic heterocycles. The number of anilines is 1. The molecular formula is C24H32N4O5S. The summed E-state index contributed by atoms with van der Waals surface area (Å²) in [5.41, 5.74) is 0.773. The fourth-order valence-corrected chi connectivity index (χ4v) is 5.73. The Morgan fingerprint density at radius 2 is 1.94 bits per heavy atom. The zero-order valence-corrected chi connectivity index (χ0v) is 20.5. The molecule has 0 radical (unpaired) electrons. The second-order valence-electron chi connectivity index (χ2n) is 9.17. The number of carbonyl (C=O) groups is 1. The van der Waals surface area contributed by atoms with Crippen LogP contribution in [0.4, 0.5) is 5.82 Å². The topological polar surface area (TPSA) is 101 Å². The minimum atomic E-state index is -3.37. The second-order valence-corrected chi connectivity index (χ2v) is 11.3. The van der Waals surface area contributed by atoms with Gasteiger partial charge in [-0.25, -0.2) is 13.4 Å². The summed E-state index contributed by atoms with van der Waals surface area (Å²) in [5, 5.41) is 2.74. The number of ether oxygens (including phenoxy) is 2. The molecule has 10 heteroatoms. The number of rotatable bonds is 9. The number of para-hydroxylation sites is 1. The molecule has 0 bridgehead atoms. The highest BCUT2D eigenvalue weighted by Gasteiger charge is 2.32. The predicted molar refractivity (Wildman–Crippen MR) is 130 cm³/mol. The summed E-state index contributed by atoms with van der Waals surface area (Å²) in [4.78, 5) is 18.6. The van der Waals surface area contributed by atoms with Crippen molar-refractivity contribution in [2.75, 3.05) is 50.0 Å². The van der Waals surface area contributed by atoms with Crippen LogP contribution in [0.3, 0.4) is 0 Å². The van der Waals surface area contributed by atoms with Crippen molar-refractivity contribution in [2.45, 2.75) is 32.3 Å². The third-order valence-corrected chi connectivity index (χ3v) is 7.88. The largest absolute Gasteiger partial charge is 0.483 e. The van der Waals surface area contributed by atoms with E-state index in [4.69, 9.17) is 9.47 Å². The standard InChI is InChI=1S/C24H32N4O5S/c1-24(2)17-19-7-5-8-20(23(19)33-24)32-18-22(29)26-11-6-16-34(30,31)28-14-12-27(13-15-28)21-9-3-4-10-25-21/h3-5,7-10H,6,11-18H2,1-2H3,(H,26,29). The van der Waals surface area contributed by atoms with Gasteiger partial charge in [0.2, 0.25) is 10.0 Å². The number of benzene rings is 1. The van der Waals surface area contributed by atoms with Crippen molar-refractivity contribution in [3.63, 3.8) is 0 Å². The van der Waals surface area contributed by atoms with Crippen molar-refractivity contribution < 1.29 is 22.7 Å². The van der Waals surface area contributed by atoms with E-state index in [1.807, 2.05) is 44.2 Å². The Morgan fingerprint density at radius 3 is 2.68 bits per heavy atom. The Morgan fingerprint density at radius 1 is 1.15 bits per heavy atom. The third-order valence-electron chi connectivity index (χ3n) is 5.92. The quantitative estimate of drug-likeness (QED) is 0.538. The van der Waals surface area contributed by atoms with Gasteiger partial charge in [0, 0.05) is 50.9 Å². The lowest BCUT2D eigenvalue weighted by molar-refractivity contribution is -0.123. The fraction of sp³-hybridized carbons (Fsp3) is 0.500. The monoisotopic (exact) mass is 488 g/mol. The summed E-state index contributed by atoms with van der Waals surface area (Å²) in [6.45, 7) is 6.21. The van der Waals surface area contributed by atoms with Crippen LogP contribution in [0.15, 0.2) is 42.6 Å². The Hall–Kier alpha value is -2.85. The van der Waals surface area contributed by atoms with E-state index in [1.54, 1.807) is 12.3 Å². The highest BCUT2D eigenvalue weighted by atomic mass is 32.2. The van der Waals surface area contributed by atoms with Crippen molar-refractivity contribution in [2.24, 2.45) is 0 Å². The van der Waals surface area contributed by atoms with E-state index in [9.17, 15) is 13.2 Å². The van der Waals surface area contributed by atoms with Gasteiger partial charge in [-0.15, -0.1) is 0 Å². The van der Waals surface area contributed by atoms with Gasteiger partial charge in [-0.3, -0.25) is 4.79 Å². The van der Waals surface area contributed by atoms with Crippen molar-refractivity contribution in [1.29, 1.82) is 0 Å². The molecule has 0 saturated carbocycles. The summed E-state index contributed by atoms with van der Waals surface area (Å²) >= 11 is 0. The van der Waals surface area contributed by atoms with E-state index >= 15 is 0 Å². The number of hydrogen-bond donors (Lipinski definition) is 1. The molecule has 0 unspecified atom stereocenters. The number of fused-ring (bicyclic) bond motifs is 1. The molecular weight excluding hydrogens is 456 g/mol. The molecule has 1 fully saturated rings. The second kappa shape index (κ2) is 10.2. The number of amides is 1. The van der Waals surface area contributed by atoms with Crippen LogP contribution in [0.25, 0.3) is 0 Å². The van der Waals surface area contributed by atoms with Crippen LogP contribution >= 0.6 is 0 Å². The molecule has 184 valence electrons. The van der Waals surface area contributed by atoms with Crippen molar-refractivity contribution in [1.82, 2.24) is 14.6 Å². The van der Waals surface area contributed by atoms with Gasteiger partial charge in [-0.05, 0) is 38.5 Å². The number of aromatic nitrogens is 1. The molecule has 2 aliphatic heterocycles. The lowest BCUT2D eigenvalue weighted by atomic mass is 10.0. The van der Waals surface area contributed by atoms with Gasteiger partial charge in [0.1, 0.15) is 11.4 Å². The Balaban J connectivity index is 1.16. The number of nitrogens with one attached hydrogen (secondary N) is 1. The maximum Gasteiger partial charge on any atom is 0.257 e. The Bertz CT molecular complexity index is 1100. The number of sulfonamides is 1. The van der Waals surface area contributed by atoms with Crippen LogP contribution in [0.2, 0.25) is 0 Å². The fourth-order valence-electron chi connectivity index (χ4n) is 4.24. The molecule has 1 saturated heterocycles. The van der Waals surface area contributed by atoms with Gasteiger partial charge in [-0.1, -0.05) is 18.2 Å². The number of hydrogen-bond acceptors (Lipinski definition) is 7. The first kappa shape index (κ1) is 24.3. The Labute approximate surface area is 201 Å². The highest BCUT2D eigenvalue weighted by molar-refractivity contribution is 7.89. The van der Waals surface area contributed by atoms with E-state index in [2.05, 4.69) is 15.2 Å². The summed E-state index contributed by atoms with van der Waals surface area (Å²) in [6, 6.07) is 11.4. The van der Waals surface area contributed by atoms with Crippen molar-refractivity contribution in [3.8, 4) is 11.5 Å². The molecule has 1 aromatic carbocycles. The van der Waals surface area contributed by atoms with Gasteiger partial charge in [0.15, 0.2) is 18.1 Å². The van der Waals surface area contributed by atoms with Crippen LogP contribution in [0.1, 0.15) is 25.8 Å².